The van der Waals surface area contributed by atoms with Crippen molar-refractivity contribution in [3.8, 4) is 0 Å². The first kappa shape index (κ1) is 13.5. The van der Waals surface area contributed by atoms with Crippen LogP contribution in [0.1, 0.15) is 20.3 Å². The molecule has 0 saturated heterocycles. The summed E-state index contributed by atoms with van der Waals surface area (Å²) in [5, 5.41) is 9.99. The molecule has 0 aromatic carbocycles. The summed E-state index contributed by atoms with van der Waals surface area (Å²) in [5.41, 5.74) is 0.291. The maximum Gasteiger partial charge on any atom is 0.263 e. The van der Waals surface area contributed by atoms with Crippen LogP contribution in [0.3, 0.4) is 0 Å². The summed E-state index contributed by atoms with van der Waals surface area (Å²) in [7, 11) is 0. The van der Waals surface area contributed by atoms with Gasteiger partial charge in [-0.3, -0.25) is 14.9 Å². The van der Waals surface area contributed by atoms with Gasteiger partial charge in [0, 0.05) is 19.8 Å². The number of nitrogens with zero attached hydrogens (tertiary/aromatic N) is 2. The molecule has 19 heavy (non-hydrogen) atoms. The van der Waals surface area contributed by atoms with Gasteiger partial charge in [0.05, 0.1) is 6.20 Å². The predicted molar refractivity (Wildman–Crippen MR) is 73.3 cm³/mol. The van der Waals surface area contributed by atoms with Crippen molar-refractivity contribution in [3.63, 3.8) is 0 Å². The standard InChI is InChI=1S/C12H19N5O2/c1-8(2)7-19-5-3-4-13-12-15-10-9(6-14-17-10)11(18)16-12/h6,8H,3-5,7H2,1-2H3,(H3,13,14,15,16,17,18). The lowest BCUT2D eigenvalue weighted by molar-refractivity contribution is 0.110. The molecule has 0 fully saturated rings. The highest BCUT2D eigenvalue weighted by atomic mass is 16.5. The fraction of sp³-hybridized carbons (Fsp3) is 0.583. The smallest absolute Gasteiger partial charge is 0.263 e. The predicted octanol–water partition coefficient (Wildman–Crippen LogP) is 1.12. The topological polar surface area (TPSA) is 95.7 Å². The SMILES string of the molecule is CC(C)COCCCNc1nc2[nH]ncc2c(=O)[nH]1. The zero-order valence-corrected chi connectivity index (χ0v) is 11.2. The van der Waals surface area contributed by atoms with E-state index in [0.29, 0.717) is 36.1 Å². The Bertz CT molecular complexity index is 575. The lowest BCUT2D eigenvalue weighted by atomic mass is 10.2. The number of ether oxygens (including phenoxy) is 1. The number of fused-ring (bicyclic) bond motifs is 1. The van der Waals surface area contributed by atoms with Gasteiger partial charge in [-0.25, -0.2) is 0 Å². The molecule has 2 aromatic rings. The van der Waals surface area contributed by atoms with Crippen molar-refractivity contribution in [3.05, 3.63) is 16.6 Å². The van der Waals surface area contributed by atoms with E-state index in [2.05, 4.69) is 39.3 Å². The van der Waals surface area contributed by atoms with Crippen molar-refractivity contribution in [2.24, 2.45) is 5.92 Å². The van der Waals surface area contributed by atoms with Gasteiger partial charge >= 0.3 is 0 Å². The number of hydrogen-bond acceptors (Lipinski definition) is 5. The molecule has 104 valence electrons. The average Bonchev–Trinajstić information content (AvgIpc) is 2.82. The monoisotopic (exact) mass is 265 g/mol. The maximum atomic E-state index is 11.7. The van der Waals surface area contributed by atoms with Gasteiger partial charge in [-0.2, -0.15) is 10.1 Å². The average molecular weight is 265 g/mol. The summed E-state index contributed by atoms with van der Waals surface area (Å²) in [4.78, 5) is 18.5. The maximum absolute atomic E-state index is 11.7. The third-order valence-electron chi connectivity index (χ3n) is 2.53. The normalized spacial score (nSPS) is 11.3. The molecule has 2 rings (SSSR count). The summed E-state index contributed by atoms with van der Waals surface area (Å²) < 4.78 is 5.47. The third-order valence-corrected chi connectivity index (χ3v) is 2.53. The molecule has 2 aromatic heterocycles. The summed E-state index contributed by atoms with van der Waals surface area (Å²) >= 11 is 0. The van der Waals surface area contributed by atoms with Crippen LogP contribution < -0.4 is 10.9 Å². The van der Waals surface area contributed by atoms with Crippen LogP contribution in [0.15, 0.2) is 11.0 Å². The second-order valence-corrected chi connectivity index (χ2v) is 4.80. The van der Waals surface area contributed by atoms with Crippen molar-refractivity contribution in [2.45, 2.75) is 20.3 Å². The van der Waals surface area contributed by atoms with Gasteiger partial charge in [0.15, 0.2) is 5.65 Å². The minimum atomic E-state index is -0.197. The van der Waals surface area contributed by atoms with Gasteiger partial charge in [-0.05, 0) is 12.3 Å². The number of hydrogen-bond donors (Lipinski definition) is 3. The summed E-state index contributed by atoms with van der Waals surface area (Å²) in [6.45, 7) is 6.40. The highest BCUT2D eigenvalue weighted by Gasteiger charge is 2.04. The van der Waals surface area contributed by atoms with Crippen LogP contribution in [0.2, 0.25) is 0 Å². The van der Waals surface area contributed by atoms with Gasteiger partial charge in [0.25, 0.3) is 5.56 Å². The molecule has 3 N–H and O–H groups in total. The number of H-pyrrole nitrogens is 2. The molecule has 0 atom stereocenters. The molecule has 0 spiro atoms. The van der Waals surface area contributed by atoms with E-state index in [0.717, 1.165) is 13.0 Å². The Hall–Kier alpha value is -1.89. The molecule has 0 unspecified atom stereocenters. The highest BCUT2D eigenvalue weighted by molar-refractivity contribution is 5.73. The van der Waals surface area contributed by atoms with Crippen LogP contribution in [0, 0.1) is 5.92 Å². The van der Waals surface area contributed by atoms with Crippen LogP contribution in [0.25, 0.3) is 11.0 Å². The molecule has 0 aliphatic heterocycles. The van der Waals surface area contributed by atoms with Crippen molar-refractivity contribution in [2.75, 3.05) is 25.1 Å². The first-order chi connectivity index (χ1) is 9.16. The number of aromatic amines is 2. The van der Waals surface area contributed by atoms with E-state index >= 15 is 0 Å². The first-order valence-corrected chi connectivity index (χ1v) is 6.42. The molecule has 0 aliphatic rings. The highest BCUT2D eigenvalue weighted by Crippen LogP contribution is 2.03. The molecule has 0 saturated carbocycles. The van der Waals surface area contributed by atoms with Crippen molar-refractivity contribution < 1.29 is 4.74 Å². The zero-order valence-electron chi connectivity index (χ0n) is 11.2. The van der Waals surface area contributed by atoms with Crippen LogP contribution >= 0.6 is 0 Å². The van der Waals surface area contributed by atoms with Crippen molar-refractivity contribution in [1.82, 2.24) is 20.2 Å². The Kier molecular flexibility index (Phi) is 4.51. The lowest BCUT2D eigenvalue weighted by Crippen LogP contribution is -2.14. The van der Waals surface area contributed by atoms with Crippen LogP contribution in [0.4, 0.5) is 5.95 Å². The van der Waals surface area contributed by atoms with Gasteiger partial charge in [0.1, 0.15) is 5.39 Å². The fourth-order valence-corrected chi connectivity index (χ4v) is 1.63. The largest absolute Gasteiger partial charge is 0.381 e. The van der Waals surface area contributed by atoms with Crippen LogP contribution in [0.5, 0.6) is 0 Å². The van der Waals surface area contributed by atoms with Crippen molar-refractivity contribution in [1.29, 1.82) is 0 Å². The number of rotatable bonds is 7. The molecule has 0 bridgehead atoms. The third kappa shape index (κ3) is 3.78. The molecule has 0 aliphatic carbocycles. The van der Waals surface area contributed by atoms with E-state index in [4.69, 9.17) is 4.74 Å². The number of nitrogens with one attached hydrogen (secondary N) is 3. The summed E-state index contributed by atoms with van der Waals surface area (Å²) in [5.74, 6) is 0.999. The molecule has 0 amide bonds. The van der Waals surface area contributed by atoms with Gasteiger partial charge in [-0.1, -0.05) is 13.8 Å². The number of anilines is 1. The molecule has 7 heteroatoms. The molecule has 0 radical (unpaired) electrons. The van der Waals surface area contributed by atoms with E-state index in [-0.39, 0.29) is 5.56 Å². The minimum absolute atomic E-state index is 0.197. The van der Waals surface area contributed by atoms with Gasteiger partial charge < -0.3 is 10.1 Å². The Morgan fingerprint density at radius 3 is 3.11 bits per heavy atom. The van der Waals surface area contributed by atoms with Gasteiger partial charge in [0.2, 0.25) is 5.95 Å². The Labute approximate surface area is 110 Å². The lowest BCUT2D eigenvalue weighted by Gasteiger charge is -2.07. The summed E-state index contributed by atoms with van der Waals surface area (Å²) in [6, 6.07) is 0. The Balaban J connectivity index is 1.80. The van der Waals surface area contributed by atoms with Crippen LogP contribution in [-0.4, -0.2) is 39.9 Å². The van der Waals surface area contributed by atoms with Crippen LogP contribution in [-0.2, 0) is 4.74 Å². The van der Waals surface area contributed by atoms with Gasteiger partial charge in [-0.15, -0.1) is 0 Å². The van der Waals surface area contributed by atoms with E-state index in [1.54, 1.807) is 0 Å². The molecular formula is C12H19N5O2. The minimum Gasteiger partial charge on any atom is -0.381 e. The Morgan fingerprint density at radius 2 is 2.32 bits per heavy atom. The second kappa shape index (κ2) is 6.33. The summed E-state index contributed by atoms with van der Waals surface area (Å²) in [6.07, 6.45) is 2.32. The van der Waals surface area contributed by atoms with E-state index in [1.807, 2.05) is 0 Å². The zero-order chi connectivity index (χ0) is 13.7. The van der Waals surface area contributed by atoms with E-state index < -0.39 is 0 Å². The first-order valence-electron chi connectivity index (χ1n) is 6.42. The molecule has 7 nitrogen and oxygen atoms in total. The van der Waals surface area contributed by atoms with E-state index in [1.165, 1.54) is 6.20 Å². The van der Waals surface area contributed by atoms with Crippen molar-refractivity contribution >= 4 is 17.0 Å². The fourth-order valence-electron chi connectivity index (χ4n) is 1.63. The second-order valence-electron chi connectivity index (χ2n) is 4.80. The molecule has 2 heterocycles. The van der Waals surface area contributed by atoms with E-state index in [9.17, 15) is 4.79 Å². The number of aromatic nitrogens is 4. The quantitative estimate of drug-likeness (QED) is 0.652. The Morgan fingerprint density at radius 1 is 1.47 bits per heavy atom. The molecular weight excluding hydrogens is 246 g/mol.